The number of hydrogen-bond donors (Lipinski definition) is 2. The highest BCUT2D eigenvalue weighted by molar-refractivity contribution is 5.77. The largest absolute Gasteiger partial charge is 0.460 e. The van der Waals surface area contributed by atoms with E-state index in [1.807, 2.05) is 44.2 Å². The fourth-order valence-electron chi connectivity index (χ4n) is 4.26. The van der Waals surface area contributed by atoms with Crippen LogP contribution < -0.4 is 10.6 Å². The summed E-state index contributed by atoms with van der Waals surface area (Å²) in [6.07, 6.45) is 1.26. The maximum Gasteiger partial charge on any atom is 0.308 e. The molecule has 1 aliphatic heterocycles. The molecule has 0 saturated carbocycles. The second-order valence-electron chi connectivity index (χ2n) is 10.1. The Morgan fingerprint density at radius 1 is 1.12 bits per heavy atom. The number of ether oxygens (including phenoxy) is 1. The lowest BCUT2D eigenvalue weighted by atomic mass is 9.76. The standard InChI is InChI=1S/C28H34FNO4/c1-18(2)28(15-14-21(31)16-22(32)17-25(33)34-27(3,4)5)26(19-10-12-20(29)13-11-19)23-8-6-7-9-24(23)30-28/h6-15,18,21-22,31-32H,16-17H2,1-5H3/b15-14+/t21-,22-,28+/m1/s1. The number of rotatable bonds is 8. The van der Waals surface area contributed by atoms with Crippen molar-refractivity contribution in [2.24, 2.45) is 10.9 Å². The van der Waals surface area contributed by atoms with Gasteiger partial charge in [-0.3, -0.25) is 9.79 Å². The molecule has 1 aliphatic rings. The second kappa shape index (κ2) is 10.2. The second-order valence-corrected chi connectivity index (χ2v) is 10.1. The Kier molecular flexibility index (Phi) is 7.74. The minimum absolute atomic E-state index is 0.0112. The number of halogens is 1. The smallest absolute Gasteiger partial charge is 0.308 e. The maximum absolute atomic E-state index is 13.6. The third-order valence-electron chi connectivity index (χ3n) is 5.80. The minimum atomic E-state index is -1.04. The van der Waals surface area contributed by atoms with Crippen LogP contribution in [-0.4, -0.2) is 39.5 Å². The molecule has 0 radical (unpaired) electrons. The van der Waals surface area contributed by atoms with Crippen LogP contribution in [0.4, 0.5) is 4.39 Å². The van der Waals surface area contributed by atoms with Crippen molar-refractivity contribution < 1.29 is 24.1 Å². The van der Waals surface area contributed by atoms with Gasteiger partial charge in [0.1, 0.15) is 17.0 Å². The monoisotopic (exact) mass is 467 g/mol. The predicted molar refractivity (Wildman–Crippen MR) is 130 cm³/mol. The van der Waals surface area contributed by atoms with Gasteiger partial charge in [-0.25, -0.2) is 4.39 Å². The van der Waals surface area contributed by atoms with Crippen molar-refractivity contribution in [1.82, 2.24) is 0 Å². The summed E-state index contributed by atoms with van der Waals surface area (Å²) in [5.41, 5.74) is 0.382. The van der Waals surface area contributed by atoms with Crippen LogP contribution in [-0.2, 0) is 9.53 Å². The first-order valence-electron chi connectivity index (χ1n) is 11.6. The number of nitrogens with zero attached hydrogens (tertiary/aromatic N) is 1. The zero-order valence-electron chi connectivity index (χ0n) is 20.5. The molecule has 5 nitrogen and oxygen atoms in total. The van der Waals surface area contributed by atoms with Crippen molar-refractivity contribution in [3.05, 3.63) is 82.6 Å². The summed E-state index contributed by atoms with van der Waals surface area (Å²) in [7, 11) is 0. The molecule has 2 aromatic rings. The Hall–Kier alpha value is -2.83. The van der Waals surface area contributed by atoms with Gasteiger partial charge in [0.15, 0.2) is 0 Å². The van der Waals surface area contributed by atoms with Crippen LogP contribution in [0, 0.1) is 11.7 Å². The number of aliphatic hydroxyl groups excluding tert-OH is 2. The van der Waals surface area contributed by atoms with Crippen LogP contribution in [0.25, 0.3) is 5.57 Å². The molecule has 2 N–H and O–H groups in total. The lowest BCUT2D eigenvalue weighted by Gasteiger charge is -2.32. The average molecular weight is 468 g/mol. The van der Waals surface area contributed by atoms with Crippen molar-refractivity contribution in [3.8, 4) is 0 Å². The topological polar surface area (TPSA) is 79.1 Å². The maximum atomic E-state index is 13.6. The van der Waals surface area contributed by atoms with Gasteiger partial charge >= 0.3 is 5.97 Å². The molecule has 182 valence electrons. The summed E-state index contributed by atoms with van der Waals surface area (Å²) in [6, 6.07) is 14.2. The fraction of sp³-hybridized carbons (Fsp3) is 0.429. The molecular weight excluding hydrogens is 433 g/mol. The van der Waals surface area contributed by atoms with Crippen LogP contribution >= 0.6 is 0 Å². The molecule has 0 spiro atoms. The molecule has 0 fully saturated rings. The molecule has 0 bridgehead atoms. The molecule has 0 saturated heterocycles. The molecule has 2 aromatic carbocycles. The van der Waals surface area contributed by atoms with Gasteiger partial charge in [0.2, 0.25) is 0 Å². The summed E-state index contributed by atoms with van der Waals surface area (Å²) in [4.78, 5) is 17.0. The normalized spacial score (nSPS) is 19.7. The number of para-hydroxylation sites is 1. The highest BCUT2D eigenvalue weighted by atomic mass is 19.1. The first-order valence-corrected chi connectivity index (χ1v) is 11.6. The van der Waals surface area contributed by atoms with E-state index < -0.39 is 29.3 Å². The molecule has 34 heavy (non-hydrogen) atoms. The number of aliphatic hydroxyl groups is 2. The summed E-state index contributed by atoms with van der Waals surface area (Å²) in [6.45, 7) is 9.38. The highest BCUT2D eigenvalue weighted by Gasteiger charge is 2.39. The Balaban J connectivity index is 1.89. The van der Waals surface area contributed by atoms with Crippen LogP contribution in [0.3, 0.4) is 0 Å². The van der Waals surface area contributed by atoms with E-state index >= 15 is 0 Å². The number of carbonyl (C=O) groups is 1. The van der Waals surface area contributed by atoms with E-state index in [4.69, 9.17) is 9.73 Å². The number of esters is 1. The van der Waals surface area contributed by atoms with Crippen LogP contribution in [0.5, 0.6) is 0 Å². The van der Waals surface area contributed by atoms with Crippen molar-refractivity contribution in [2.45, 2.75) is 70.8 Å². The van der Waals surface area contributed by atoms with E-state index in [1.165, 1.54) is 12.1 Å². The van der Waals surface area contributed by atoms with Gasteiger partial charge < -0.3 is 14.9 Å². The summed E-state index contributed by atoms with van der Waals surface area (Å²) in [5.74, 6) is -0.800. The molecule has 0 aliphatic carbocycles. The van der Waals surface area contributed by atoms with Gasteiger partial charge in [-0.1, -0.05) is 56.3 Å². The number of benzene rings is 2. The Bertz CT molecular complexity index is 1160. The van der Waals surface area contributed by atoms with E-state index in [1.54, 1.807) is 39.0 Å². The van der Waals surface area contributed by atoms with Gasteiger partial charge in [0.25, 0.3) is 0 Å². The Morgan fingerprint density at radius 2 is 1.76 bits per heavy atom. The van der Waals surface area contributed by atoms with Crippen LogP contribution in [0.2, 0.25) is 0 Å². The predicted octanol–water partition coefficient (Wildman–Crippen LogP) is 3.45. The first-order chi connectivity index (χ1) is 15.9. The van der Waals surface area contributed by atoms with Gasteiger partial charge in [-0.15, -0.1) is 0 Å². The molecular formula is C28H34FNO4. The summed E-state index contributed by atoms with van der Waals surface area (Å²) in [5, 5.41) is 22.7. The van der Waals surface area contributed by atoms with Crippen molar-refractivity contribution in [3.63, 3.8) is 0 Å². The zero-order chi connectivity index (χ0) is 25.1. The van der Waals surface area contributed by atoms with E-state index in [9.17, 15) is 19.4 Å². The fourth-order valence-corrected chi connectivity index (χ4v) is 4.26. The molecule has 0 amide bonds. The van der Waals surface area contributed by atoms with E-state index in [-0.39, 0.29) is 24.6 Å². The van der Waals surface area contributed by atoms with Crippen molar-refractivity contribution in [2.75, 3.05) is 0 Å². The quantitative estimate of drug-likeness (QED) is 0.460. The molecule has 3 atom stereocenters. The number of hydrogen-bond acceptors (Lipinski definition) is 5. The Labute approximate surface area is 200 Å². The van der Waals surface area contributed by atoms with E-state index in [0.717, 1.165) is 21.7 Å². The van der Waals surface area contributed by atoms with E-state index in [2.05, 4.69) is 0 Å². The molecule has 1 heterocycles. The summed E-state index contributed by atoms with van der Waals surface area (Å²) >= 11 is 0. The zero-order valence-corrected chi connectivity index (χ0v) is 20.5. The van der Waals surface area contributed by atoms with Crippen molar-refractivity contribution >= 4 is 11.5 Å². The van der Waals surface area contributed by atoms with Crippen molar-refractivity contribution in [1.29, 1.82) is 0 Å². The first kappa shape index (κ1) is 25.8. The number of carbonyl (C=O) groups excluding carboxylic acids is 1. The third kappa shape index (κ3) is 5.99. The molecule has 0 unspecified atom stereocenters. The highest BCUT2D eigenvalue weighted by Crippen LogP contribution is 2.38. The van der Waals surface area contributed by atoms with Crippen LogP contribution in [0.15, 0.2) is 65.7 Å². The minimum Gasteiger partial charge on any atom is -0.460 e. The third-order valence-corrected chi connectivity index (χ3v) is 5.80. The molecule has 3 rings (SSSR count). The van der Waals surface area contributed by atoms with Gasteiger partial charge in [0, 0.05) is 17.2 Å². The lowest BCUT2D eigenvalue weighted by Crippen LogP contribution is -2.33. The average Bonchev–Trinajstić information content (AvgIpc) is 3.07. The molecule has 0 aromatic heterocycles. The summed E-state index contributed by atoms with van der Waals surface area (Å²) < 4.78 is 18.9. The van der Waals surface area contributed by atoms with Gasteiger partial charge in [-0.05, 0) is 50.5 Å². The van der Waals surface area contributed by atoms with Crippen LogP contribution in [0.1, 0.15) is 53.0 Å². The Morgan fingerprint density at radius 3 is 2.38 bits per heavy atom. The SMILES string of the molecule is CC(C)[C@]1(/C=C/[C@@H](O)C[C@@H](O)CC(=O)OC(C)(C)C)N=c2ccccc2=C1c1ccc(F)cc1. The lowest BCUT2D eigenvalue weighted by molar-refractivity contribution is -0.157. The van der Waals surface area contributed by atoms with Gasteiger partial charge in [-0.2, -0.15) is 0 Å². The number of fused-ring (bicyclic) bond motifs is 1. The van der Waals surface area contributed by atoms with Gasteiger partial charge in [0.05, 0.1) is 24.0 Å². The van der Waals surface area contributed by atoms with E-state index in [0.29, 0.717) is 0 Å². The molecule has 6 heteroatoms.